The van der Waals surface area contributed by atoms with E-state index < -0.39 is 4.92 Å². The highest BCUT2D eigenvalue weighted by Crippen LogP contribution is 2.24. The summed E-state index contributed by atoms with van der Waals surface area (Å²) in [6, 6.07) is 11.2. The molecule has 2 N–H and O–H groups in total. The van der Waals surface area contributed by atoms with E-state index in [0.29, 0.717) is 28.6 Å². The molecule has 0 spiro atoms. The van der Waals surface area contributed by atoms with E-state index in [-0.39, 0.29) is 24.2 Å². The SMILES string of the molecule is CC(C)Oc1ccc(Cl)cc1C(=O)NCCNc1ccccc1[N+](=O)[O-]. The molecule has 0 heterocycles. The molecular weight excluding hydrogens is 358 g/mol. The van der Waals surface area contributed by atoms with E-state index in [2.05, 4.69) is 10.6 Å². The van der Waals surface area contributed by atoms with Crippen LogP contribution in [0.5, 0.6) is 5.75 Å². The van der Waals surface area contributed by atoms with Crippen LogP contribution in [0.3, 0.4) is 0 Å². The summed E-state index contributed by atoms with van der Waals surface area (Å²) in [5.41, 5.74) is 0.733. The van der Waals surface area contributed by atoms with Crippen LogP contribution in [-0.2, 0) is 0 Å². The van der Waals surface area contributed by atoms with Crippen LogP contribution in [0.2, 0.25) is 5.02 Å². The molecule has 0 aliphatic rings. The van der Waals surface area contributed by atoms with Crippen LogP contribution < -0.4 is 15.4 Å². The van der Waals surface area contributed by atoms with Gasteiger partial charge in [0, 0.05) is 24.2 Å². The predicted octanol–water partition coefficient (Wildman–Crippen LogP) is 3.88. The lowest BCUT2D eigenvalue weighted by atomic mass is 10.2. The number of hydrogen-bond donors (Lipinski definition) is 2. The molecule has 0 aliphatic heterocycles. The lowest BCUT2D eigenvalue weighted by Crippen LogP contribution is -2.29. The molecule has 138 valence electrons. The van der Waals surface area contributed by atoms with Crippen molar-refractivity contribution in [3.63, 3.8) is 0 Å². The number of anilines is 1. The van der Waals surface area contributed by atoms with E-state index in [1.807, 2.05) is 13.8 Å². The minimum absolute atomic E-state index is 0.0127. The number of nitrogens with zero attached hydrogens (tertiary/aromatic N) is 1. The average Bonchev–Trinajstić information content (AvgIpc) is 2.60. The molecule has 1 amide bonds. The Morgan fingerprint density at radius 3 is 2.65 bits per heavy atom. The summed E-state index contributed by atoms with van der Waals surface area (Å²) < 4.78 is 5.63. The maximum absolute atomic E-state index is 12.4. The van der Waals surface area contributed by atoms with Crippen LogP contribution in [0, 0.1) is 10.1 Å². The van der Waals surface area contributed by atoms with Gasteiger partial charge in [-0.1, -0.05) is 23.7 Å². The van der Waals surface area contributed by atoms with Crippen molar-refractivity contribution in [2.75, 3.05) is 18.4 Å². The third kappa shape index (κ3) is 5.35. The topological polar surface area (TPSA) is 93.5 Å². The number of para-hydroxylation sites is 2. The number of amides is 1. The van der Waals surface area contributed by atoms with Gasteiger partial charge in [0.05, 0.1) is 16.6 Å². The Balaban J connectivity index is 1.96. The zero-order chi connectivity index (χ0) is 19.1. The molecule has 0 aliphatic carbocycles. The van der Waals surface area contributed by atoms with Crippen molar-refractivity contribution in [3.05, 3.63) is 63.2 Å². The number of nitro benzene ring substituents is 1. The van der Waals surface area contributed by atoms with Gasteiger partial charge >= 0.3 is 0 Å². The fourth-order valence-corrected chi connectivity index (χ4v) is 2.46. The average molecular weight is 378 g/mol. The van der Waals surface area contributed by atoms with Crippen LogP contribution in [0.1, 0.15) is 24.2 Å². The number of hydrogen-bond acceptors (Lipinski definition) is 5. The number of rotatable bonds is 8. The molecule has 2 aromatic carbocycles. The summed E-state index contributed by atoms with van der Waals surface area (Å²) in [6.45, 7) is 4.34. The van der Waals surface area contributed by atoms with Crippen LogP contribution in [0.15, 0.2) is 42.5 Å². The molecule has 0 atom stereocenters. The largest absolute Gasteiger partial charge is 0.490 e. The van der Waals surface area contributed by atoms with Gasteiger partial charge in [-0.3, -0.25) is 14.9 Å². The van der Waals surface area contributed by atoms with Gasteiger partial charge in [-0.25, -0.2) is 0 Å². The first kappa shape index (κ1) is 19.5. The lowest BCUT2D eigenvalue weighted by Gasteiger charge is -2.15. The molecule has 0 aromatic heterocycles. The Labute approximate surface area is 156 Å². The second-order valence-electron chi connectivity index (χ2n) is 5.76. The Bertz CT molecular complexity index is 796. The van der Waals surface area contributed by atoms with Crippen LogP contribution in [0.25, 0.3) is 0 Å². The predicted molar refractivity (Wildman–Crippen MR) is 101 cm³/mol. The molecule has 0 radical (unpaired) electrons. The molecule has 0 bridgehead atoms. The standard InChI is InChI=1S/C18H20ClN3O4/c1-12(2)26-17-8-7-13(19)11-14(17)18(23)21-10-9-20-15-5-3-4-6-16(15)22(24)25/h3-8,11-12,20H,9-10H2,1-2H3,(H,21,23). The molecule has 0 fully saturated rings. The second kappa shape index (κ2) is 9.05. The normalized spacial score (nSPS) is 10.5. The molecular formula is C18H20ClN3O4. The van der Waals surface area contributed by atoms with E-state index in [4.69, 9.17) is 16.3 Å². The van der Waals surface area contributed by atoms with Crippen molar-refractivity contribution in [2.24, 2.45) is 0 Å². The number of nitrogens with one attached hydrogen (secondary N) is 2. The number of nitro groups is 1. The van der Waals surface area contributed by atoms with E-state index in [9.17, 15) is 14.9 Å². The zero-order valence-corrected chi connectivity index (χ0v) is 15.2. The maximum Gasteiger partial charge on any atom is 0.292 e. The van der Waals surface area contributed by atoms with E-state index in [1.54, 1.807) is 36.4 Å². The van der Waals surface area contributed by atoms with Gasteiger partial charge in [0.25, 0.3) is 11.6 Å². The number of carbonyl (C=O) groups excluding carboxylic acids is 1. The fourth-order valence-electron chi connectivity index (χ4n) is 2.29. The Hall–Kier alpha value is -2.80. The number of carbonyl (C=O) groups is 1. The first-order valence-corrected chi connectivity index (χ1v) is 8.48. The fraction of sp³-hybridized carbons (Fsp3) is 0.278. The number of halogens is 1. The Morgan fingerprint density at radius 1 is 1.23 bits per heavy atom. The van der Waals surface area contributed by atoms with Gasteiger partial charge in [-0.2, -0.15) is 0 Å². The monoisotopic (exact) mass is 377 g/mol. The minimum atomic E-state index is -0.456. The van der Waals surface area contributed by atoms with Crippen molar-refractivity contribution in [2.45, 2.75) is 20.0 Å². The van der Waals surface area contributed by atoms with Gasteiger partial charge in [-0.05, 0) is 38.1 Å². The Kier molecular flexibility index (Phi) is 6.80. The number of ether oxygens (including phenoxy) is 1. The van der Waals surface area contributed by atoms with Gasteiger partial charge in [-0.15, -0.1) is 0 Å². The van der Waals surface area contributed by atoms with Crippen molar-refractivity contribution in [3.8, 4) is 5.75 Å². The second-order valence-corrected chi connectivity index (χ2v) is 6.20. The molecule has 0 unspecified atom stereocenters. The zero-order valence-electron chi connectivity index (χ0n) is 14.5. The third-order valence-electron chi connectivity index (χ3n) is 3.38. The van der Waals surface area contributed by atoms with Gasteiger partial charge in [0.1, 0.15) is 11.4 Å². The quantitative estimate of drug-likeness (QED) is 0.413. The molecule has 2 rings (SSSR count). The van der Waals surface area contributed by atoms with Crippen molar-refractivity contribution in [1.29, 1.82) is 0 Å². The summed E-state index contributed by atoms with van der Waals surface area (Å²) in [5, 5.41) is 17.1. The van der Waals surface area contributed by atoms with E-state index in [0.717, 1.165) is 0 Å². The van der Waals surface area contributed by atoms with Gasteiger partial charge in [0.15, 0.2) is 0 Å². The van der Waals surface area contributed by atoms with Gasteiger partial charge < -0.3 is 15.4 Å². The molecule has 26 heavy (non-hydrogen) atoms. The summed E-state index contributed by atoms with van der Waals surface area (Å²) in [7, 11) is 0. The maximum atomic E-state index is 12.4. The molecule has 7 nitrogen and oxygen atoms in total. The van der Waals surface area contributed by atoms with Gasteiger partial charge in [0.2, 0.25) is 0 Å². The molecule has 2 aromatic rings. The summed E-state index contributed by atoms with van der Waals surface area (Å²) in [5.74, 6) is 0.126. The van der Waals surface area contributed by atoms with Crippen LogP contribution >= 0.6 is 11.6 Å². The van der Waals surface area contributed by atoms with Crippen molar-refractivity contribution >= 4 is 28.9 Å². The van der Waals surface area contributed by atoms with E-state index >= 15 is 0 Å². The first-order valence-electron chi connectivity index (χ1n) is 8.10. The minimum Gasteiger partial charge on any atom is -0.490 e. The summed E-state index contributed by atoms with van der Waals surface area (Å²) in [6.07, 6.45) is -0.0805. The molecule has 0 saturated heterocycles. The highest BCUT2D eigenvalue weighted by Gasteiger charge is 2.15. The van der Waals surface area contributed by atoms with E-state index in [1.165, 1.54) is 6.07 Å². The van der Waals surface area contributed by atoms with Crippen molar-refractivity contribution in [1.82, 2.24) is 5.32 Å². The Morgan fingerprint density at radius 2 is 1.96 bits per heavy atom. The highest BCUT2D eigenvalue weighted by atomic mass is 35.5. The van der Waals surface area contributed by atoms with Crippen molar-refractivity contribution < 1.29 is 14.5 Å². The lowest BCUT2D eigenvalue weighted by molar-refractivity contribution is -0.384. The van der Waals surface area contributed by atoms with Crippen LogP contribution in [0.4, 0.5) is 11.4 Å². The first-order chi connectivity index (χ1) is 12.4. The smallest absolute Gasteiger partial charge is 0.292 e. The highest BCUT2D eigenvalue weighted by molar-refractivity contribution is 6.31. The summed E-state index contributed by atoms with van der Waals surface area (Å²) in [4.78, 5) is 22.9. The summed E-state index contributed by atoms with van der Waals surface area (Å²) >= 11 is 5.97. The molecule has 8 heteroatoms. The number of benzene rings is 2. The third-order valence-corrected chi connectivity index (χ3v) is 3.61. The molecule has 0 saturated carbocycles. The van der Waals surface area contributed by atoms with Crippen LogP contribution in [-0.4, -0.2) is 30.0 Å².